The van der Waals surface area contributed by atoms with Gasteiger partial charge in [0.15, 0.2) is 5.96 Å². The Morgan fingerprint density at radius 1 is 0.454 bits per heavy atom. The summed E-state index contributed by atoms with van der Waals surface area (Å²) in [6.45, 7) is 16.4. The average molecular weight is 1830 g/mol. The molecule has 0 bridgehead atoms. The lowest BCUT2D eigenvalue weighted by atomic mass is 9.99. The SMILES string of the molecule is CC(C)C[C@H](NC(=O)[C@H](CCC(N)=O)NC(=O)[C@H](CC(C)C)NC(=O)[C@H](C)NC(=O)[C@H](Cc1ccccc1)NC(=O)[C@@H](NC(=O)[C@H](CC(C)C)NC(=O)[C@@H]1CCCN1C(=O)[C@H](CCC(N)=O)NC(=O)[C@H](CC(N)=O)NC(=O)[C@H](CCCNC(=N)N)NC(=O)[C@H](CC(C)C)NC(=O)[C@H](Cc1ccccc1)NC(=O)[C@H](Cc1cnc[nH]1)NC(=O)[C@@H](N)CCCCN)[C@@H](C)O)C(=O)O. The van der Waals surface area contributed by atoms with E-state index in [4.69, 9.17) is 39.8 Å². The van der Waals surface area contributed by atoms with E-state index in [2.05, 4.69) is 84.4 Å². The fraction of sp³-hybridized carbons (Fsp3) is 0.605. The van der Waals surface area contributed by atoms with Crippen LogP contribution in [0.25, 0.3) is 0 Å². The first-order valence-electron chi connectivity index (χ1n) is 43.9. The maximum absolute atomic E-state index is 15.0. The molecule has 0 aliphatic carbocycles. The summed E-state index contributed by atoms with van der Waals surface area (Å²) in [5.74, 6) is -19.2. The summed E-state index contributed by atoms with van der Waals surface area (Å²) >= 11 is 0. The molecule has 1 aliphatic heterocycles. The van der Waals surface area contributed by atoms with Gasteiger partial charge in [-0.25, -0.2) is 9.78 Å². The number of carbonyl (C=O) groups excluding carboxylic acids is 17. The highest BCUT2D eigenvalue weighted by Crippen LogP contribution is 2.23. The van der Waals surface area contributed by atoms with Crippen molar-refractivity contribution in [2.45, 2.75) is 288 Å². The van der Waals surface area contributed by atoms with Gasteiger partial charge in [-0.2, -0.15) is 0 Å². The van der Waals surface area contributed by atoms with Crippen LogP contribution in [-0.2, 0) is 106 Å². The Morgan fingerprint density at radius 2 is 0.862 bits per heavy atom. The molecule has 0 radical (unpaired) electrons. The predicted octanol–water partition coefficient (Wildman–Crippen LogP) is -4.47. The van der Waals surface area contributed by atoms with Crippen molar-refractivity contribution in [2.24, 2.45) is 58.1 Å². The molecule has 17 amide bonds. The summed E-state index contributed by atoms with van der Waals surface area (Å²) in [6, 6.07) is -5.71. The monoisotopic (exact) mass is 1830 g/mol. The Hall–Kier alpha value is -12.7. The fourth-order valence-corrected chi connectivity index (χ4v) is 14.2. The number of primary amides is 3. The molecule has 130 heavy (non-hydrogen) atoms. The summed E-state index contributed by atoms with van der Waals surface area (Å²) in [7, 11) is 0. The van der Waals surface area contributed by atoms with Crippen LogP contribution in [0.2, 0.25) is 0 Å². The number of carbonyl (C=O) groups is 18. The lowest BCUT2D eigenvalue weighted by molar-refractivity contribution is -0.143. The van der Waals surface area contributed by atoms with Crippen LogP contribution in [-0.4, -0.2) is 254 Å². The highest BCUT2D eigenvalue weighted by molar-refractivity contribution is 6.02. The van der Waals surface area contributed by atoms with Crippen LogP contribution in [0.5, 0.6) is 0 Å². The lowest BCUT2D eigenvalue weighted by Gasteiger charge is -2.31. The number of nitrogens with two attached hydrogens (primary N) is 6. The standard InChI is InChI=1S/C86H136N24O20/c1-45(2)35-58(76(120)99-56(28-30-67(89)112)74(118)108-65(85(129)130)38-48(7)8)101-71(115)49(9)97-75(119)61(39-51-21-13-11-14-22-51)107-83(127)70(50(10)111)109-81(125)60(37-47(5)6)106-82(126)66-27-20-34-110(66)84(128)57(29-31-68(90)113)100-80(124)64(42-69(91)114)105-73(117)55(26-19-33-95-86(92)93)98-77(121)59(36-46(3)4)103-78(122)62(40-52-23-15-12-16-24-52)104-79(123)63(41-53-43-94-44-96-53)102-72(116)54(88)25-17-18-32-87/h11-16,21-24,43-50,54-66,70,111H,17-20,25-42,87-88H2,1-10H3,(H2,89,112)(H2,90,113)(H2,91,114)(H,94,96)(H,97,119)(H,98,121)(H,99,120)(H,100,124)(H,101,115)(H,102,116)(H,103,122)(H,104,123)(H,105,117)(H,106,126)(H,107,127)(H,108,118)(H,109,125)(H,129,130)(H4,92,93,95)/t49-,50+,54-,55-,56-,57-,58-,59-,60-,61-,62-,63-,64-,65-,66-,70-/m0/s1. The number of carboxylic acids is 1. The summed E-state index contributed by atoms with van der Waals surface area (Å²) < 4.78 is 0. The quantitative estimate of drug-likeness (QED) is 0.0144. The molecule has 16 atom stereocenters. The first-order valence-corrected chi connectivity index (χ1v) is 43.9. The van der Waals surface area contributed by atoms with Crippen LogP contribution in [0.15, 0.2) is 73.2 Å². The number of benzene rings is 2. The average Bonchev–Trinajstić information content (AvgIpc) is 1.54. The van der Waals surface area contributed by atoms with Crippen molar-refractivity contribution in [1.82, 2.24) is 89.3 Å². The minimum atomic E-state index is -1.94. The molecule has 1 aliphatic rings. The second-order valence-corrected chi connectivity index (χ2v) is 34.4. The number of unbranched alkanes of at least 4 members (excludes halogenated alkanes) is 1. The zero-order valence-corrected chi connectivity index (χ0v) is 75.6. The Labute approximate surface area is 756 Å². The third kappa shape index (κ3) is 39.9. The molecule has 2 aromatic carbocycles. The number of aromatic nitrogens is 2. The predicted molar refractivity (Wildman–Crippen MR) is 476 cm³/mol. The second kappa shape index (κ2) is 55.9. The van der Waals surface area contributed by atoms with Crippen LogP contribution >= 0.6 is 0 Å². The Kier molecular flexibility index (Phi) is 47.1. The van der Waals surface area contributed by atoms with Gasteiger partial charge in [0.1, 0.15) is 84.6 Å². The maximum Gasteiger partial charge on any atom is 0.326 e. The van der Waals surface area contributed by atoms with E-state index in [1.165, 1.54) is 19.4 Å². The molecule has 30 N–H and O–H groups in total. The fourth-order valence-electron chi connectivity index (χ4n) is 14.2. The molecule has 1 fully saturated rings. The number of guanidine groups is 1. The number of aliphatic carboxylic acids is 1. The number of nitrogens with zero attached hydrogens (tertiary/aromatic N) is 2. The zero-order chi connectivity index (χ0) is 97.2. The van der Waals surface area contributed by atoms with E-state index in [1.54, 1.807) is 116 Å². The van der Waals surface area contributed by atoms with Gasteiger partial charge < -0.3 is 129 Å². The number of H-pyrrole nitrogens is 1. The first-order chi connectivity index (χ1) is 61.3. The molecular formula is C86H136N24O20. The van der Waals surface area contributed by atoms with Crippen LogP contribution < -0.4 is 109 Å². The number of rotatable bonds is 59. The molecule has 2 heterocycles. The van der Waals surface area contributed by atoms with E-state index in [-0.39, 0.29) is 120 Å². The maximum atomic E-state index is 15.0. The zero-order valence-electron chi connectivity index (χ0n) is 75.6. The highest BCUT2D eigenvalue weighted by Gasteiger charge is 2.43. The number of likely N-dealkylation sites (tertiary alicyclic amines) is 1. The third-order valence-electron chi connectivity index (χ3n) is 21.0. The molecule has 0 unspecified atom stereocenters. The van der Waals surface area contributed by atoms with Crippen molar-refractivity contribution < 1.29 is 96.5 Å². The minimum absolute atomic E-state index is 0.000245. The Balaban J connectivity index is 1.60. The minimum Gasteiger partial charge on any atom is -0.480 e. The number of imidazole rings is 1. The summed E-state index contributed by atoms with van der Waals surface area (Å²) in [4.78, 5) is 259. The highest BCUT2D eigenvalue weighted by atomic mass is 16.4. The Morgan fingerprint density at radius 3 is 1.34 bits per heavy atom. The molecule has 1 saturated heterocycles. The van der Waals surface area contributed by atoms with E-state index >= 15 is 0 Å². The van der Waals surface area contributed by atoms with Gasteiger partial charge in [-0.05, 0) is 132 Å². The van der Waals surface area contributed by atoms with Gasteiger partial charge in [0.25, 0.3) is 0 Å². The normalized spacial score (nSPS) is 15.9. The van der Waals surface area contributed by atoms with E-state index in [0.29, 0.717) is 36.2 Å². The van der Waals surface area contributed by atoms with E-state index in [1.807, 2.05) is 0 Å². The number of aliphatic hydroxyl groups excluding tert-OH is 1. The van der Waals surface area contributed by atoms with Crippen molar-refractivity contribution in [1.29, 1.82) is 5.41 Å². The molecule has 1 aromatic heterocycles. The number of amides is 17. The van der Waals surface area contributed by atoms with Crippen LogP contribution in [0.3, 0.4) is 0 Å². The van der Waals surface area contributed by atoms with Gasteiger partial charge in [0.2, 0.25) is 100 Å². The molecule has 0 saturated carbocycles. The van der Waals surface area contributed by atoms with E-state index in [9.17, 15) is 96.5 Å². The van der Waals surface area contributed by atoms with E-state index < -0.39 is 235 Å². The number of hydrogen-bond donors (Lipinski definition) is 24. The summed E-state index contributed by atoms with van der Waals surface area (Å²) in [5.41, 5.74) is 35.6. The molecule has 3 aromatic rings. The van der Waals surface area contributed by atoms with Crippen molar-refractivity contribution in [3.63, 3.8) is 0 Å². The van der Waals surface area contributed by atoms with Crippen molar-refractivity contribution in [3.05, 3.63) is 90.0 Å². The van der Waals surface area contributed by atoms with Crippen molar-refractivity contribution in [3.8, 4) is 0 Å². The molecular weight excluding hydrogens is 1690 g/mol. The number of aromatic amines is 1. The topological polar surface area (TPSA) is 728 Å². The molecule has 720 valence electrons. The number of nitrogens with one attached hydrogen (secondary N) is 16. The smallest absolute Gasteiger partial charge is 0.326 e. The van der Waals surface area contributed by atoms with Crippen molar-refractivity contribution in [2.75, 3.05) is 19.6 Å². The molecule has 4 rings (SSSR count). The molecule has 44 heteroatoms. The second-order valence-electron chi connectivity index (χ2n) is 34.4. The van der Waals surface area contributed by atoms with Crippen LogP contribution in [0.4, 0.5) is 0 Å². The van der Waals surface area contributed by atoms with Gasteiger partial charge in [-0.1, -0.05) is 122 Å². The number of aliphatic hydroxyl groups is 1. The van der Waals surface area contributed by atoms with Gasteiger partial charge in [0.05, 0.1) is 24.9 Å². The van der Waals surface area contributed by atoms with Crippen LogP contribution in [0, 0.1) is 29.1 Å². The van der Waals surface area contributed by atoms with Gasteiger partial charge in [-0.15, -0.1) is 0 Å². The third-order valence-corrected chi connectivity index (χ3v) is 21.0. The van der Waals surface area contributed by atoms with E-state index in [0.717, 1.165) is 11.8 Å². The van der Waals surface area contributed by atoms with Gasteiger partial charge in [0, 0.05) is 57.1 Å². The van der Waals surface area contributed by atoms with Gasteiger partial charge >= 0.3 is 5.97 Å². The van der Waals surface area contributed by atoms with Crippen molar-refractivity contribution >= 4 is 112 Å². The summed E-state index contributed by atoms with van der Waals surface area (Å²) in [6.07, 6.45) is -1.06. The lowest BCUT2D eigenvalue weighted by Crippen LogP contribution is -2.62. The van der Waals surface area contributed by atoms with Crippen LogP contribution in [0.1, 0.15) is 189 Å². The largest absolute Gasteiger partial charge is 0.480 e. The number of carboxylic acid groups (broad SMARTS) is 1. The number of hydrogen-bond acceptors (Lipinski definition) is 23. The summed E-state index contributed by atoms with van der Waals surface area (Å²) in [5, 5.41) is 64.8. The first kappa shape index (κ1) is 110. The molecule has 0 spiro atoms. The van der Waals surface area contributed by atoms with Gasteiger partial charge in [-0.3, -0.25) is 86.9 Å². The Bertz CT molecular complexity index is 4290. The molecule has 44 nitrogen and oxygen atoms in total.